The number of halogens is 1. The van der Waals surface area contributed by atoms with Crippen LogP contribution in [0.5, 0.6) is 0 Å². The molecule has 0 aliphatic carbocycles. The smallest absolute Gasteiger partial charge is 0.244 e. The van der Waals surface area contributed by atoms with Gasteiger partial charge in [-0.3, -0.25) is 9.10 Å². The van der Waals surface area contributed by atoms with Gasteiger partial charge in [-0.05, 0) is 36.5 Å². The molecule has 1 aromatic rings. The zero-order valence-corrected chi connectivity index (χ0v) is 17.4. The van der Waals surface area contributed by atoms with Crippen LogP contribution in [0.25, 0.3) is 0 Å². The lowest BCUT2D eigenvalue weighted by molar-refractivity contribution is -0.123. The maximum absolute atomic E-state index is 12.9. The third-order valence-electron chi connectivity index (χ3n) is 4.14. The van der Waals surface area contributed by atoms with Crippen molar-refractivity contribution < 1.29 is 13.2 Å². The molecule has 1 N–H and O–H groups in total. The Labute approximate surface area is 156 Å². The molecule has 1 aromatic carbocycles. The Bertz CT molecular complexity index is 681. The van der Waals surface area contributed by atoms with Crippen molar-refractivity contribution in [1.29, 1.82) is 0 Å². The van der Waals surface area contributed by atoms with Crippen LogP contribution in [0.15, 0.2) is 24.3 Å². The highest BCUT2D eigenvalue weighted by Gasteiger charge is 2.33. The van der Waals surface area contributed by atoms with Gasteiger partial charge >= 0.3 is 0 Å². The predicted molar refractivity (Wildman–Crippen MR) is 104 cm³/mol. The van der Waals surface area contributed by atoms with Gasteiger partial charge in [0.1, 0.15) is 6.04 Å². The summed E-state index contributed by atoms with van der Waals surface area (Å²) >= 11 is 6.01. The van der Waals surface area contributed by atoms with E-state index in [1.807, 2.05) is 27.7 Å². The molecule has 142 valence electrons. The minimum absolute atomic E-state index is 0.0256. The van der Waals surface area contributed by atoms with E-state index in [0.29, 0.717) is 17.1 Å². The summed E-state index contributed by atoms with van der Waals surface area (Å²) in [6.45, 7) is 9.95. The van der Waals surface area contributed by atoms with E-state index < -0.39 is 16.1 Å². The van der Waals surface area contributed by atoms with Crippen molar-refractivity contribution in [3.63, 3.8) is 0 Å². The second kappa shape index (κ2) is 8.90. The predicted octanol–water partition coefficient (Wildman–Crippen LogP) is 3.68. The van der Waals surface area contributed by atoms with Crippen molar-refractivity contribution in [2.45, 2.75) is 53.1 Å². The molecule has 0 heterocycles. The lowest BCUT2D eigenvalue weighted by atomic mass is 9.93. The number of sulfonamides is 1. The number of anilines is 1. The first-order chi connectivity index (χ1) is 11.5. The zero-order chi connectivity index (χ0) is 19.4. The van der Waals surface area contributed by atoms with Crippen LogP contribution in [0.4, 0.5) is 5.69 Å². The fourth-order valence-electron chi connectivity index (χ4n) is 3.04. The standard InChI is InChI=1S/C18H29ClN2O3S/c1-7-16(18(22)20-17(12(2)3)13(4)5)21(25(6,23)24)15-10-8-9-14(19)11-15/h8-13,16-17H,7H2,1-6H3,(H,20,22)/t16-/m0/s1. The molecule has 0 aliphatic heterocycles. The maximum atomic E-state index is 12.9. The summed E-state index contributed by atoms with van der Waals surface area (Å²) in [7, 11) is -3.65. The van der Waals surface area contributed by atoms with Gasteiger partial charge in [-0.15, -0.1) is 0 Å². The van der Waals surface area contributed by atoms with Crippen LogP contribution in [0, 0.1) is 11.8 Å². The first kappa shape index (κ1) is 21.8. The van der Waals surface area contributed by atoms with Gasteiger partial charge in [-0.2, -0.15) is 0 Å². The topological polar surface area (TPSA) is 66.5 Å². The summed E-state index contributed by atoms with van der Waals surface area (Å²) in [5, 5.41) is 3.45. The average Bonchev–Trinajstić information content (AvgIpc) is 2.47. The summed E-state index contributed by atoms with van der Waals surface area (Å²) < 4.78 is 26.0. The second-order valence-corrected chi connectivity index (χ2v) is 9.28. The van der Waals surface area contributed by atoms with Crippen molar-refractivity contribution in [1.82, 2.24) is 5.32 Å². The SMILES string of the molecule is CC[C@@H](C(=O)NC(C(C)C)C(C)C)N(c1cccc(Cl)c1)S(C)(=O)=O. The summed E-state index contributed by atoms with van der Waals surface area (Å²) in [4.78, 5) is 12.9. The van der Waals surface area contributed by atoms with E-state index in [2.05, 4.69) is 5.32 Å². The molecule has 0 aliphatic rings. The molecule has 1 rings (SSSR count). The van der Waals surface area contributed by atoms with E-state index in [9.17, 15) is 13.2 Å². The van der Waals surface area contributed by atoms with Gasteiger partial charge in [-0.25, -0.2) is 8.42 Å². The van der Waals surface area contributed by atoms with Crippen LogP contribution in [0.2, 0.25) is 5.02 Å². The van der Waals surface area contributed by atoms with E-state index in [-0.39, 0.29) is 23.8 Å². The van der Waals surface area contributed by atoms with Gasteiger partial charge in [0.15, 0.2) is 0 Å². The monoisotopic (exact) mass is 388 g/mol. The largest absolute Gasteiger partial charge is 0.351 e. The Morgan fingerprint density at radius 1 is 1.20 bits per heavy atom. The fourth-order valence-corrected chi connectivity index (χ4v) is 4.43. The van der Waals surface area contributed by atoms with Gasteiger partial charge in [0.25, 0.3) is 0 Å². The van der Waals surface area contributed by atoms with Crippen LogP contribution in [-0.4, -0.2) is 32.7 Å². The number of carbonyl (C=O) groups is 1. The fraction of sp³-hybridized carbons (Fsp3) is 0.611. The van der Waals surface area contributed by atoms with Crippen LogP contribution >= 0.6 is 11.6 Å². The molecular formula is C18H29ClN2O3S. The first-order valence-electron chi connectivity index (χ1n) is 8.54. The minimum Gasteiger partial charge on any atom is -0.351 e. The van der Waals surface area contributed by atoms with Crippen molar-refractivity contribution in [3.05, 3.63) is 29.3 Å². The molecule has 7 heteroatoms. The van der Waals surface area contributed by atoms with Gasteiger partial charge in [0.2, 0.25) is 15.9 Å². The molecule has 25 heavy (non-hydrogen) atoms. The van der Waals surface area contributed by atoms with Crippen molar-refractivity contribution >= 4 is 33.2 Å². The van der Waals surface area contributed by atoms with Crippen molar-refractivity contribution in [2.75, 3.05) is 10.6 Å². The molecule has 0 fully saturated rings. The molecule has 0 bridgehead atoms. The molecule has 0 spiro atoms. The van der Waals surface area contributed by atoms with Gasteiger partial charge in [0.05, 0.1) is 11.9 Å². The molecule has 0 aromatic heterocycles. The first-order valence-corrected chi connectivity index (χ1v) is 10.8. The lowest BCUT2D eigenvalue weighted by Gasteiger charge is -2.33. The van der Waals surface area contributed by atoms with Crippen LogP contribution in [0.3, 0.4) is 0 Å². The summed E-state index contributed by atoms with van der Waals surface area (Å²) in [5.74, 6) is 0.207. The summed E-state index contributed by atoms with van der Waals surface area (Å²) in [6.07, 6.45) is 1.46. The summed E-state index contributed by atoms with van der Waals surface area (Å²) in [5.41, 5.74) is 0.391. The number of nitrogens with one attached hydrogen (secondary N) is 1. The highest BCUT2D eigenvalue weighted by molar-refractivity contribution is 7.92. The van der Waals surface area contributed by atoms with Gasteiger partial charge < -0.3 is 5.32 Å². The molecule has 0 saturated carbocycles. The van der Waals surface area contributed by atoms with Gasteiger partial charge in [-0.1, -0.05) is 52.3 Å². The summed E-state index contributed by atoms with van der Waals surface area (Å²) in [6, 6.07) is 5.69. The van der Waals surface area contributed by atoms with Crippen LogP contribution in [-0.2, 0) is 14.8 Å². The Kier molecular flexibility index (Phi) is 7.75. The van der Waals surface area contributed by atoms with Crippen molar-refractivity contribution in [3.8, 4) is 0 Å². The van der Waals surface area contributed by atoms with Crippen LogP contribution in [0.1, 0.15) is 41.0 Å². The number of amides is 1. The Hall–Kier alpha value is -1.27. The maximum Gasteiger partial charge on any atom is 0.244 e. The molecule has 5 nitrogen and oxygen atoms in total. The molecule has 0 radical (unpaired) electrons. The van der Waals surface area contributed by atoms with Crippen LogP contribution < -0.4 is 9.62 Å². The van der Waals surface area contributed by atoms with Gasteiger partial charge in [0, 0.05) is 11.1 Å². The van der Waals surface area contributed by atoms with E-state index >= 15 is 0 Å². The number of benzene rings is 1. The molecule has 0 unspecified atom stereocenters. The lowest BCUT2D eigenvalue weighted by Crippen LogP contribution is -2.53. The number of hydrogen-bond donors (Lipinski definition) is 1. The van der Waals surface area contributed by atoms with E-state index in [4.69, 9.17) is 11.6 Å². The van der Waals surface area contributed by atoms with E-state index in [0.717, 1.165) is 10.6 Å². The molecular weight excluding hydrogens is 360 g/mol. The normalized spacial score (nSPS) is 13.4. The van der Waals surface area contributed by atoms with E-state index in [1.54, 1.807) is 31.2 Å². The molecule has 1 amide bonds. The zero-order valence-electron chi connectivity index (χ0n) is 15.8. The molecule has 1 atom stereocenters. The number of carbonyl (C=O) groups excluding carboxylic acids is 1. The average molecular weight is 389 g/mol. The third kappa shape index (κ3) is 5.89. The van der Waals surface area contributed by atoms with Crippen molar-refractivity contribution in [2.24, 2.45) is 11.8 Å². The minimum atomic E-state index is -3.65. The second-order valence-electron chi connectivity index (χ2n) is 6.99. The number of rotatable bonds is 8. The third-order valence-corrected chi connectivity index (χ3v) is 5.55. The highest BCUT2D eigenvalue weighted by atomic mass is 35.5. The van der Waals surface area contributed by atoms with E-state index in [1.165, 1.54) is 0 Å². The number of hydrogen-bond acceptors (Lipinski definition) is 3. The Morgan fingerprint density at radius 2 is 1.76 bits per heavy atom. The number of nitrogens with zero attached hydrogens (tertiary/aromatic N) is 1. The quantitative estimate of drug-likeness (QED) is 0.738. The Morgan fingerprint density at radius 3 is 2.16 bits per heavy atom. The Balaban J connectivity index is 3.24. The highest BCUT2D eigenvalue weighted by Crippen LogP contribution is 2.26. The molecule has 0 saturated heterocycles.